The molecule has 32 heavy (non-hydrogen) atoms. The molecule has 2 heterocycles. The lowest BCUT2D eigenvalue weighted by atomic mass is 10.1. The number of fused-ring (bicyclic) bond motifs is 1. The van der Waals surface area contributed by atoms with Gasteiger partial charge >= 0.3 is 0 Å². The minimum atomic E-state index is -0.428. The standard InChI is InChI=1S/C26H28FN5/c1-18-10-12-21(13-11-18)20(3)28-14-6-7-15-29-25-16-24(22-9-5-4-8-19(22)2)31-26-23(27)17-30-32(25)26/h4-5,8-13,16-17,28-29H,3,6-7,14-15H2,1-2H3. The van der Waals surface area contributed by atoms with Crippen LogP contribution in [0.3, 0.4) is 0 Å². The van der Waals surface area contributed by atoms with E-state index in [1.54, 1.807) is 0 Å². The van der Waals surface area contributed by atoms with Gasteiger partial charge in [-0.25, -0.2) is 9.37 Å². The molecule has 4 rings (SSSR count). The molecule has 0 saturated carbocycles. The van der Waals surface area contributed by atoms with Crippen LogP contribution in [0, 0.1) is 19.7 Å². The molecular weight excluding hydrogens is 401 g/mol. The summed E-state index contributed by atoms with van der Waals surface area (Å²) >= 11 is 0. The number of rotatable bonds is 9. The summed E-state index contributed by atoms with van der Waals surface area (Å²) in [7, 11) is 0. The van der Waals surface area contributed by atoms with Crippen LogP contribution in [0.15, 0.2) is 67.4 Å². The van der Waals surface area contributed by atoms with Crippen LogP contribution >= 0.6 is 0 Å². The van der Waals surface area contributed by atoms with Crippen molar-refractivity contribution < 1.29 is 4.39 Å². The van der Waals surface area contributed by atoms with E-state index in [-0.39, 0.29) is 5.65 Å². The average molecular weight is 430 g/mol. The number of hydrogen-bond donors (Lipinski definition) is 2. The molecule has 4 aromatic rings. The first kappa shape index (κ1) is 21.6. The Hall–Kier alpha value is -3.67. The van der Waals surface area contributed by atoms with E-state index in [2.05, 4.69) is 58.5 Å². The van der Waals surface area contributed by atoms with Gasteiger partial charge in [0, 0.05) is 30.4 Å². The number of hydrogen-bond acceptors (Lipinski definition) is 4. The van der Waals surface area contributed by atoms with Crippen molar-refractivity contribution in [2.75, 3.05) is 18.4 Å². The molecule has 2 aromatic heterocycles. The van der Waals surface area contributed by atoms with Gasteiger partial charge in [-0.15, -0.1) is 0 Å². The smallest absolute Gasteiger partial charge is 0.194 e. The van der Waals surface area contributed by atoms with Gasteiger partial charge in [-0.2, -0.15) is 9.61 Å². The number of benzene rings is 2. The Labute approximate surface area is 188 Å². The van der Waals surface area contributed by atoms with Gasteiger partial charge in [-0.3, -0.25) is 0 Å². The lowest BCUT2D eigenvalue weighted by Gasteiger charge is -2.13. The molecule has 0 radical (unpaired) electrons. The minimum absolute atomic E-state index is 0.226. The Morgan fingerprint density at radius 3 is 2.56 bits per heavy atom. The van der Waals surface area contributed by atoms with Crippen molar-refractivity contribution in [2.45, 2.75) is 26.7 Å². The Bertz CT molecular complexity index is 1230. The number of halogens is 1. The van der Waals surface area contributed by atoms with Crippen molar-refractivity contribution >= 4 is 17.2 Å². The fourth-order valence-corrected chi connectivity index (χ4v) is 3.62. The first-order valence-electron chi connectivity index (χ1n) is 10.9. The summed E-state index contributed by atoms with van der Waals surface area (Å²) in [6, 6.07) is 18.2. The second kappa shape index (κ2) is 9.64. The first-order chi connectivity index (χ1) is 15.5. The summed E-state index contributed by atoms with van der Waals surface area (Å²) in [5.41, 5.74) is 6.31. The quantitative estimate of drug-likeness (QED) is 0.340. The molecule has 164 valence electrons. The highest BCUT2D eigenvalue weighted by molar-refractivity contribution is 5.69. The number of aryl methyl sites for hydroxylation is 2. The summed E-state index contributed by atoms with van der Waals surface area (Å²) in [5.74, 6) is 0.302. The van der Waals surface area contributed by atoms with Gasteiger partial charge in [-0.1, -0.05) is 60.7 Å². The number of nitrogens with one attached hydrogen (secondary N) is 2. The lowest BCUT2D eigenvalue weighted by molar-refractivity contribution is 0.636. The lowest BCUT2D eigenvalue weighted by Crippen LogP contribution is -2.15. The highest BCUT2D eigenvalue weighted by Crippen LogP contribution is 2.25. The molecule has 0 fully saturated rings. The molecule has 0 aliphatic heterocycles. The van der Waals surface area contributed by atoms with E-state index in [4.69, 9.17) is 0 Å². The molecule has 0 aliphatic carbocycles. The van der Waals surface area contributed by atoms with E-state index in [1.807, 2.05) is 37.3 Å². The van der Waals surface area contributed by atoms with Crippen molar-refractivity contribution in [2.24, 2.45) is 0 Å². The molecule has 0 amide bonds. The largest absolute Gasteiger partial charge is 0.385 e. The van der Waals surface area contributed by atoms with Gasteiger partial charge in [-0.05, 0) is 37.8 Å². The second-order valence-electron chi connectivity index (χ2n) is 7.97. The van der Waals surface area contributed by atoms with Gasteiger partial charge in [0.15, 0.2) is 11.5 Å². The molecule has 2 N–H and O–H groups in total. The van der Waals surface area contributed by atoms with Crippen molar-refractivity contribution in [3.05, 3.63) is 89.9 Å². The van der Waals surface area contributed by atoms with Crippen molar-refractivity contribution in [1.29, 1.82) is 0 Å². The van der Waals surface area contributed by atoms with Gasteiger partial charge in [0.25, 0.3) is 0 Å². The van der Waals surface area contributed by atoms with Crippen LogP contribution in [-0.2, 0) is 0 Å². The molecule has 5 nitrogen and oxygen atoms in total. The molecule has 6 heteroatoms. The van der Waals surface area contributed by atoms with Gasteiger partial charge in [0.2, 0.25) is 0 Å². The highest BCUT2D eigenvalue weighted by Gasteiger charge is 2.13. The van der Waals surface area contributed by atoms with Crippen molar-refractivity contribution in [1.82, 2.24) is 19.9 Å². The van der Waals surface area contributed by atoms with Gasteiger partial charge in [0.1, 0.15) is 5.82 Å². The Balaban J connectivity index is 1.36. The highest BCUT2D eigenvalue weighted by atomic mass is 19.1. The number of aromatic nitrogens is 3. The minimum Gasteiger partial charge on any atom is -0.385 e. The predicted molar refractivity (Wildman–Crippen MR) is 129 cm³/mol. The Morgan fingerprint density at radius 2 is 1.78 bits per heavy atom. The summed E-state index contributed by atoms with van der Waals surface area (Å²) in [4.78, 5) is 4.50. The van der Waals surface area contributed by atoms with E-state index in [1.165, 1.54) is 16.3 Å². The van der Waals surface area contributed by atoms with Crippen LogP contribution in [0.5, 0.6) is 0 Å². The molecule has 0 atom stereocenters. The Kier molecular flexibility index (Phi) is 6.50. The maximum absolute atomic E-state index is 14.3. The zero-order chi connectivity index (χ0) is 22.5. The first-order valence-corrected chi connectivity index (χ1v) is 10.9. The van der Waals surface area contributed by atoms with E-state index in [9.17, 15) is 4.39 Å². The van der Waals surface area contributed by atoms with E-state index < -0.39 is 5.82 Å². The average Bonchev–Trinajstić information content (AvgIpc) is 3.17. The van der Waals surface area contributed by atoms with Crippen LogP contribution in [-0.4, -0.2) is 27.7 Å². The number of anilines is 1. The monoisotopic (exact) mass is 429 g/mol. The molecule has 2 aromatic carbocycles. The number of nitrogens with zero attached hydrogens (tertiary/aromatic N) is 3. The van der Waals surface area contributed by atoms with Crippen LogP contribution in [0.4, 0.5) is 10.2 Å². The summed E-state index contributed by atoms with van der Waals surface area (Å²) in [6.07, 6.45) is 3.13. The zero-order valence-corrected chi connectivity index (χ0v) is 18.5. The maximum atomic E-state index is 14.3. The third-order valence-electron chi connectivity index (χ3n) is 5.50. The van der Waals surface area contributed by atoms with Crippen molar-refractivity contribution in [3.8, 4) is 11.3 Å². The van der Waals surface area contributed by atoms with E-state index >= 15 is 0 Å². The third kappa shape index (κ3) is 4.80. The summed E-state index contributed by atoms with van der Waals surface area (Å²) in [6.45, 7) is 9.80. The molecule has 0 unspecified atom stereocenters. The van der Waals surface area contributed by atoms with Crippen LogP contribution in [0.25, 0.3) is 22.6 Å². The van der Waals surface area contributed by atoms with Crippen molar-refractivity contribution in [3.63, 3.8) is 0 Å². The molecular formula is C26H28FN5. The predicted octanol–water partition coefficient (Wildman–Crippen LogP) is 5.60. The summed E-state index contributed by atoms with van der Waals surface area (Å²) < 4.78 is 15.8. The fraction of sp³-hybridized carbons (Fsp3) is 0.231. The third-order valence-corrected chi connectivity index (χ3v) is 5.50. The fourth-order valence-electron chi connectivity index (χ4n) is 3.62. The number of unbranched alkanes of at least 4 members (excludes halogenated alkanes) is 1. The maximum Gasteiger partial charge on any atom is 0.194 e. The second-order valence-corrected chi connectivity index (χ2v) is 7.97. The Morgan fingerprint density at radius 1 is 1.03 bits per heavy atom. The zero-order valence-electron chi connectivity index (χ0n) is 18.5. The summed E-state index contributed by atoms with van der Waals surface area (Å²) in [5, 5.41) is 10.9. The van der Waals surface area contributed by atoms with Crippen LogP contribution < -0.4 is 10.6 Å². The van der Waals surface area contributed by atoms with E-state index in [0.29, 0.717) is 0 Å². The SMILES string of the molecule is C=C(NCCCCNc1cc(-c2ccccc2C)nc2c(F)cnn12)c1ccc(C)cc1. The normalized spacial score (nSPS) is 11.0. The molecule has 0 saturated heterocycles. The van der Waals surface area contributed by atoms with E-state index in [0.717, 1.165) is 59.8 Å². The van der Waals surface area contributed by atoms with Gasteiger partial charge < -0.3 is 10.6 Å². The van der Waals surface area contributed by atoms with Crippen LogP contribution in [0.1, 0.15) is 29.5 Å². The van der Waals surface area contributed by atoms with Crippen LogP contribution in [0.2, 0.25) is 0 Å². The van der Waals surface area contributed by atoms with Gasteiger partial charge in [0.05, 0.1) is 11.9 Å². The molecule has 0 bridgehead atoms. The molecule has 0 aliphatic rings. The topological polar surface area (TPSA) is 54.2 Å². The molecule has 0 spiro atoms.